The molecule has 3 N–H and O–H groups in total. The lowest BCUT2D eigenvalue weighted by Gasteiger charge is -2.16. The highest BCUT2D eigenvalue weighted by Gasteiger charge is 2.21. The van der Waals surface area contributed by atoms with E-state index >= 15 is 0 Å². The molecule has 0 heterocycles. The van der Waals surface area contributed by atoms with Gasteiger partial charge in [-0.05, 0) is 13.3 Å². The number of rotatable bonds is 6. The predicted octanol–water partition coefficient (Wildman–Crippen LogP) is 0.302. The monoisotopic (exact) mass is 189 g/mol. The summed E-state index contributed by atoms with van der Waals surface area (Å²) in [6, 6.07) is -1.59. The van der Waals surface area contributed by atoms with Crippen molar-refractivity contribution in [2.45, 2.75) is 38.8 Å². The van der Waals surface area contributed by atoms with E-state index in [1.165, 1.54) is 6.92 Å². The molecule has 0 spiro atoms. The fourth-order valence-corrected chi connectivity index (χ4v) is 0.940. The molecule has 5 nitrogen and oxygen atoms in total. The average molecular weight is 189 g/mol. The van der Waals surface area contributed by atoms with Crippen LogP contribution in [0.25, 0.3) is 0 Å². The van der Waals surface area contributed by atoms with E-state index in [1.54, 1.807) is 0 Å². The fraction of sp³-hybridized carbons (Fsp3) is 0.750. The Morgan fingerprint density at radius 3 is 2.15 bits per heavy atom. The van der Waals surface area contributed by atoms with Gasteiger partial charge in [-0.2, -0.15) is 0 Å². The summed E-state index contributed by atoms with van der Waals surface area (Å²) in [5.41, 5.74) is 0. The van der Waals surface area contributed by atoms with Crippen molar-refractivity contribution in [1.29, 1.82) is 0 Å². The average Bonchev–Trinajstić information content (AvgIpc) is 2.03. The Kier molecular flexibility index (Phi) is 5.06. The van der Waals surface area contributed by atoms with Crippen molar-refractivity contribution >= 4 is 11.9 Å². The van der Waals surface area contributed by atoms with Crippen LogP contribution in [0.15, 0.2) is 0 Å². The maximum Gasteiger partial charge on any atom is 0.320 e. The molecule has 0 saturated carbocycles. The third-order valence-electron chi connectivity index (χ3n) is 1.70. The third-order valence-corrected chi connectivity index (χ3v) is 1.70. The number of carbonyl (C=O) groups is 2. The minimum Gasteiger partial charge on any atom is -0.480 e. The van der Waals surface area contributed by atoms with Crippen LogP contribution in [-0.4, -0.2) is 34.2 Å². The lowest BCUT2D eigenvalue weighted by Crippen LogP contribution is -2.45. The zero-order valence-corrected chi connectivity index (χ0v) is 7.78. The van der Waals surface area contributed by atoms with Crippen LogP contribution in [0.3, 0.4) is 0 Å². The summed E-state index contributed by atoms with van der Waals surface area (Å²) in [4.78, 5) is 21.0. The number of hydrogen-bond donors (Lipinski definition) is 3. The van der Waals surface area contributed by atoms with E-state index in [4.69, 9.17) is 10.2 Å². The van der Waals surface area contributed by atoms with Crippen LogP contribution < -0.4 is 5.32 Å². The molecule has 0 aliphatic rings. The SMILES string of the molecule is CCC[C@H](N[C@H](C)C(=O)O)C(=O)O. The Hall–Kier alpha value is -1.10. The first-order valence-corrected chi connectivity index (χ1v) is 4.20. The van der Waals surface area contributed by atoms with Crippen molar-refractivity contribution < 1.29 is 19.8 Å². The first kappa shape index (κ1) is 11.9. The van der Waals surface area contributed by atoms with Crippen molar-refractivity contribution in [3.05, 3.63) is 0 Å². The Morgan fingerprint density at radius 2 is 1.85 bits per heavy atom. The first-order valence-electron chi connectivity index (χ1n) is 4.20. The maximum atomic E-state index is 10.6. The van der Waals surface area contributed by atoms with Crippen molar-refractivity contribution in [2.24, 2.45) is 0 Å². The highest BCUT2D eigenvalue weighted by atomic mass is 16.4. The van der Waals surface area contributed by atoms with E-state index in [2.05, 4.69) is 5.32 Å². The molecule has 0 aromatic rings. The molecule has 0 radical (unpaired) electrons. The van der Waals surface area contributed by atoms with Gasteiger partial charge in [0.05, 0.1) is 0 Å². The van der Waals surface area contributed by atoms with Gasteiger partial charge in [0.2, 0.25) is 0 Å². The van der Waals surface area contributed by atoms with Crippen LogP contribution in [0, 0.1) is 0 Å². The van der Waals surface area contributed by atoms with Gasteiger partial charge in [0.1, 0.15) is 12.1 Å². The molecule has 0 aliphatic carbocycles. The second-order valence-electron chi connectivity index (χ2n) is 2.91. The molecule has 0 amide bonds. The molecule has 76 valence electrons. The highest BCUT2D eigenvalue weighted by Crippen LogP contribution is 1.98. The van der Waals surface area contributed by atoms with Gasteiger partial charge in [0, 0.05) is 0 Å². The summed E-state index contributed by atoms with van der Waals surface area (Å²) in [5, 5.41) is 19.7. The van der Waals surface area contributed by atoms with Crippen LogP contribution in [0.4, 0.5) is 0 Å². The fourth-order valence-electron chi connectivity index (χ4n) is 0.940. The molecule has 0 aliphatic heterocycles. The van der Waals surface area contributed by atoms with E-state index in [9.17, 15) is 9.59 Å². The van der Waals surface area contributed by atoms with Gasteiger partial charge < -0.3 is 10.2 Å². The summed E-state index contributed by atoms with van der Waals surface area (Å²) in [5.74, 6) is -2.04. The number of aliphatic carboxylic acids is 2. The zero-order chi connectivity index (χ0) is 10.4. The third kappa shape index (κ3) is 4.47. The Labute approximate surface area is 76.8 Å². The lowest BCUT2D eigenvalue weighted by atomic mass is 10.1. The van der Waals surface area contributed by atoms with E-state index in [1.807, 2.05) is 6.92 Å². The molecule has 0 saturated heterocycles. The lowest BCUT2D eigenvalue weighted by molar-refractivity contribution is -0.142. The van der Waals surface area contributed by atoms with Crippen LogP contribution in [-0.2, 0) is 9.59 Å². The molecule has 0 rings (SSSR count). The van der Waals surface area contributed by atoms with Crippen LogP contribution >= 0.6 is 0 Å². The molecular formula is C8H15NO4. The van der Waals surface area contributed by atoms with E-state index in [0.29, 0.717) is 12.8 Å². The topological polar surface area (TPSA) is 86.6 Å². The summed E-state index contributed by atoms with van der Waals surface area (Å²) in [7, 11) is 0. The van der Waals surface area contributed by atoms with Gasteiger partial charge in [0.15, 0.2) is 0 Å². The van der Waals surface area contributed by atoms with Gasteiger partial charge >= 0.3 is 11.9 Å². The van der Waals surface area contributed by atoms with Crippen molar-refractivity contribution in [2.75, 3.05) is 0 Å². The van der Waals surface area contributed by atoms with Gasteiger partial charge in [-0.25, -0.2) is 0 Å². The first-order chi connectivity index (χ1) is 5.99. The van der Waals surface area contributed by atoms with Crippen LogP contribution in [0.2, 0.25) is 0 Å². The van der Waals surface area contributed by atoms with Crippen molar-refractivity contribution in [3.63, 3.8) is 0 Å². The smallest absolute Gasteiger partial charge is 0.320 e. The highest BCUT2D eigenvalue weighted by molar-refractivity contribution is 5.77. The molecule has 0 aromatic heterocycles. The molecule has 0 fully saturated rings. The summed E-state index contributed by atoms with van der Waals surface area (Å²) in [6.07, 6.45) is 1.14. The van der Waals surface area contributed by atoms with Crippen molar-refractivity contribution in [3.8, 4) is 0 Å². The summed E-state index contributed by atoms with van der Waals surface area (Å²) >= 11 is 0. The standard InChI is InChI=1S/C8H15NO4/c1-3-4-6(8(12)13)9-5(2)7(10)11/h5-6,9H,3-4H2,1-2H3,(H,10,11)(H,12,13)/t5-,6+/m1/s1. The minimum absolute atomic E-state index is 0.437. The summed E-state index contributed by atoms with van der Waals surface area (Å²) in [6.45, 7) is 3.27. The van der Waals surface area contributed by atoms with Crippen LogP contribution in [0.5, 0.6) is 0 Å². The number of hydrogen-bond acceptors (Lipinski definition) is 3. The Bertz CT molecular complexity index is 193. The Morgan fingerprint density at radius 1 is 1.31 bits per heavy atom. The molecule has 0 bridgehead atoms. The second kappa shape index (κ2) is 5.53. The van der Waals surface area contributed by atoms with Gasteiger partial charge in [-0.1, -0.05) is 13.3 Å². The largest absolute Gasteiger partial charge is 0.480 e. The molecule has 5 heteroatoms. The van der Waals surface area contributed by atoms with Gasteiger partial charge in [-0.15, -0.1) is 0 Å². The van der Waals surface area contributed by atoms with Gasteiger partial charge in [0.25, 0.3) is 0 Å². The summed E-state index contributed by atoms with van der Waals surface area (Å²) < 4.78 is 0. The Balaban J connectivity index is 4.09. The second-order valence-corrected chi connectivity index (χ2v) is 2.91. The van der Waals surface area contributed by atoms with E-state index in [-0.39, 0.29) is 0 Å². The number of carboxylic acids is 2. The van der Waals surface area contributed by atoms with E-state index < -0.39 is 24.0 Å². The quantitative estimate of drug-likeness (QED) is 0.559. The normalized spacial score (nSPS) is 14.9. The number of carboxylic acid groups (broad SMARTS) is 2. The van der Waals surface area contributed by atoms with E-state index in [0.717, 1.165) is 0 Å². The molecular weight excluding hydrogens is 174 g/mol. The molecule has 0 unspecified atom stereocenters. The zero-order valence-electron chi connectivity index (χ0n) is 7.78. The maximum absolute atomic E-state index is 10.6. The number of nitrogens with one attached hydrogen (secondary N) is 1. The molecule has 0 aromatic carbocycles. The predicted molar refractivity (Wildman–Crippen MR) is 46.6 cm³/mol. The van der Waals surface area contributed by atoms with Crippen molar-refractivity contribution in [1.82, 2.24) is 5.32 Å². The molecule has 13 heavy (non-hydrogen) atoms. The minimum atomic E-state index is -1.04. The van der Waals surface area contributed by atoms with Crippen LogP contribution in [0.1, 0.15) is 26.7 Å². The molecule has 2 atom stereocenters. The van der Waals surface area contributed by atoms with Gasteiger partial charge in [-0.3, -0.25) is 14.9 Å².